The number of rotatable bonds is 0. The third-order valence-electron chi connectivity index (χ3n) is 2.49. The van der Waals surface area contributed by atoms with Crippen LogP contribution in [0.25, 0.3) is 16.7 Å². The van der Waals surface area contributed by atoms with Gasteiger partial charge in [0.15, 0.2) is 11.3 Å². The number of nitrogens with zero attached hydrogens (tertiary/aromatic N) is 5. The minimum atomic E-state index is 0.507. The minimum Gasteiger partial charge on any atom is -0.236 e. The van der Waals surface area contributed by atoms with Gasteiger partial charge in [-0.25, -0.2) is 9.97 Å². The molecule has 0 saturated carbocycles. The Labute approximate surface area is 91.0 Å². The van der Waals surface area contributed by atoms with E-state index in [-0.39, 0.29) is 0 Å². The van der Waals surface area contributed by atoms with Crippen LogP contribution >= 0.6 is 0 Å². The molecule has 16 heavy (non-hydrogen) atoms. The molecule has 3 aromatic heterocycles. The van der Waals surface area contributed by atoms with Crippen molar-refractivity contribution in [3.63, 3.8) is 0 Å². The second kappa shape index (κ2) is 3.00. The Bertz CT molecular complexity index is 735. The molecule has 0 unspecified atom stereocenters. The van der Waals surface area contributed by atoms with E-state index in [0.29, 0.717) is 16.9 Å². The van der Waals surface area contributed by atoms with Crippen LogP contribution in [0.2, 0.25) is 0 Å². The number of hydrogen-bond acceptors (Lipinski definition) is 4. The SMILES string of the molecule is Cc1nn2c(ncc3cccnc32)c1C#N. The van der Waals surface area contributed by atoms with Gasteiger partial charge in [-0.15, -0.1) is 0 Å². The molecule has 0 atom stereocenters. The van der Waals surface area contributed by atoms with Crippen LogP contribution in [-0.2, 0) is 0 Å². The van der Waals surface area contributed by atoms with E-state index in [1.165, 1.54) is 0 Å². The summed E-state index contributed by atoms with van der Waals surface area (Å²) in [6.45, 7) is 1.79. The lowest BCUT2D eigenvalue weighted by molar-refractivity contribution is 0.939. The highest BCUT2D eigenvalue weighted by atomic mass is 15.3. The molecule has 76 valence electrons. The van der Waals surface area contributed by atoms with Gasteiger partial charge in [-0.1, -0.05) is 0 Å². The average molecular weight is 209 g/mol. The van der Waals surface area contributed by atoms with E-state index >= 15 is 0 Å². The van der Waals surface area contributed by atoms with Crippen LogP contribution in [0.3, 0.4) is 0 Å². The fraction of sp³-hybridized carbons (Fsp3) is 0.0909. The Kier molecular flexibility index (Phi) is 1.65. The molecule has 5 nitrogen and oxygen atoms in total. The Morgan fingerprint density at radius 1 is 1.31 bits per heavy atom. The first-order chi connectivity index (χ1) is 7.81. The van der Waals surface area contributed by atoms with E-state index in [4.69, 9.17) is 5.26 Å². The number of aromatic nitrogens is 4. The van der Waals surface area contributed by atoms with Crippen LogP contribution in [0.5, 0.6) is 0 Å². The smallest absolute Gasteiger partial charge is 0.175 e. The molecule has 3 rings (SSSR count). The van der Waals surface area contributed by atoms with Crippen LogP contribution in [0.1, 0.15) is 11.3 Å². The molecule has 3 aromatic rings. The fourth-order valence-electron chi connectivity index (χ4n) is 1.73. The van der Waals surface area contributed by atoms with Crippen molar-refractivity contribution < 1.29 is 0 Å². The Morgan fingerprint density at radius 2 is 2.19 bits per heavy atom. The van der Waals surface area contributed by atoms with Crippen molar-refractivity contribution in [3.8, 4) is 6.07 Å². The molecular formula is C11H7N5. The molecule has 0 aromatic carbocycles. The second-order valence-corrected chi connectivity index (χ2v) is 3.48. The van der Waals surface area contributed by atoms with Gasteiger partial charge < -0.3 is 0 Å². The van der Waals surface area contributed by atoms with Crippen molar-refractivity contribution in [2.75, 3.05) is 0 Å². The second-order valence-electron chi connectivity index (χ2n) is 3.48. The summed E-state index contributed by atoms with van der Waals surface area (Å²) < 4.78 is 1.61. The molecule has 0 aliphatic carbocycles. The van der Waals surface area contributed by atoms with Crippen molar-refractivity contribution in [3.05, 3.63) is 35.8 Å². The molecule has 0 aliphatic heterocycles. The summed E-state index contributed by atoms with van der Waals surface area (Å²) in [5.41, 5.74) is 2.46. The van der Waals surface area contributed by atoms with Gasteiger partial charge in [0.25, 0.3) is 0 Å². The van der Waals surface area contributed by atoms with Gasteiger partial charge in [0, 0.05) is 17.8 Å². The first kappa shape index (κ1) is 8.80. The van der Waals surface area contributed by atoms with Gasteiger partial charge in [0.2, 0.25) is 0 Å². The summed E-state index contributed by atoms with van der Waals surface area (Å²) >= 11 is 0. The maximum Gasteiger partial charge on any atom is 0.175 e. The van der Waals surface area contributed by atoms with Crippen LogP contribution in [0, 0.1) is 18.3 Å². The fourth-order valence-corrected chi connectivity index (χ4v) is 1.73. The van der Waals surface area contributed by atoms with Crippen LogP contribution < -0.4 is 0 Å². The molecule has 0 aliphatic rings. The molecule has 0 bridgehead atoms. The number of fused-ring (bicyclic) bond motifs is 3. The zero-order valence-electron chi connectivity index (χ0n) is 8.55. The molecule has 3 heterocycles. The van der Waals surface area contributed by atoms with Gasteiger partial charge in [-0.2, -0.15) is 14.9 Å². The van der Waals surface area contributed by atoms with E-state index in [2.05, 4.69) is 21.1 Å². The van der Waals surface area contributed by atoms with Gasteiger partial charge in [-0.05, 0) is 19.1 Å². The summed E-state index contributed by atoms with van der Waals surface area (Å²) in [7, 11) is 0. The first-order valence-corrected chi connectivity index (χ1v) is 4.80. The molecule has 0 saturated heterocycles. The third kappa shape index (κ3) is 1.01. The summed E-state index contributed by atoms with van der Waals surface area (Å²) in [5.74, 6) is 0. The van der Waals surface area contributed by atoms with Crippen molar-refractivity contribution in [1.82, 2.24) is 19.6 Å². The van der Waals surface area contributed by atoms with Crippen molar-refractivity contribution in [2.24, 2.45) is 0 Å². The molecule has 0 N–H and O–H groups in total. The summed E-state index contributed by atoms with van der Waals surface area (Å²) in [4.78, 5) is 8.49. The van der Waals surface area contributed by atoms with Crippen LogP contribution in [0.4, 0.5) is 0 Å². The highest BCUT2D eigenvalue weighted by Crippen LogP contribution is 2.16. The quantitative estimate of drug-likeness (QED) is 0.562. The number of pyridine rings is 1. The number of nitriles is 1. The largest absolute Gasteiger partial charge is 0.236 e. The maximum atomic E-state index is 9.01. The topological polar surface area (TPSA) is 66.9 Å². The highest BCUT2D eigenvalue weighted by molar-refractivity contribution is 5.77. The van der Waals surface area contributed by atoms with Crippen molar-refractivity contribution in [2.45, 2.75) is 6.92 Å². The summed E-state index contributed by atoms with van der Waals surface area (Å²) in [6, 6.07) is 5.87. The van der Waals surface area contributed by atoms with Crippen LogP contribution in [-0.4, -0.2) is 19.6 Å². The zero-order valence-corrected chi connectivity index (χ0v) is 8.55. The van der Waals surface area contributed by atoms with Gasteiger partial charge in [0.05, 0.1) is 5.69 Å². The lowest BCUT2D eigenvalue weighted by Crippen LogP contribution is -1.95. The predicted octanol–water partition coefficient (Wildman–Crippen LogP) is 1.46. The first-order valence-electron chi connectivity index (χ1n) is 4.80. The molecule has 0 fully saturated rings. The number of aryl methyl sites for hydroxylation is 1. The average Bonchev–Trinajstić information content (AvgIpc) is 2.65. The standard InChI is InChI=1S/C11H7N5/c1-7-9(5-12)11-14-6-8-3-2-4-13-10(8)16(11)15-7/h2-4,6H,1H3. The van der Waals surface area contributed by atoms with Crippen LogP contribution in [0.15, 0.2) is 24.5 Å². The Hall–Kier alpha value is -2.48. The van der Waals surface area contributed by atoms with Crippen molar-refractivity contribution in [1.29, 1.82) is 5.26 Å². The molecule has 5 heteroatoms. The normalized spacial score (nSPS) is 10.8. The minimum absolute atomic E-state index is 0.507. The molecule has 0 amide bonds. The summed E-state index contributed by atoms with van der Waals surface area (Å²) in [5, 5.41) is 14.2. The Balaban J connectivity index is 2.59. The lowest BCUT2D eigenvalue weighted by atomic mass is 10.3. The van der Waals surface area contributed by atoms with Gasteiger partial charge in [-0.3, -0.25) is 0 Å². The lowest BCUT2D eigenvalue weighted by Gasteiger charge is -1.98. The molecule has 0 radical (unpaired) electrons. The van der Waals surface area contributed by atoms with E-state index in [0.717, 1.165) is 11.0 Å². The van der Waals surface area contributed by atoms with E-state index in [1.54, 1.807) is 23.8 Å². The summed E-state index contributed by atoms with van der Waals surface area (Å²) in [6.07, 6.45) is 3.41. The molecule has 0 spiro atoms. The third-order valence-corrected chi connectivity index (χ3v) is 2.49. The van der Waals surface area contributed by atoms with Crippen molar-refractivity contribution >= 4 is 16.7 Å². The highest BCUT2D eigenvalue weighted by Gasteiger charge is 2.12. The van der Waals surface area contributed by atoms with E-state index in [9.17, 15) is 0 Å². The maximum absolute atomic E-state index is 9.01. The monoisotopic (exact) mass is 209 g/mol. The van der Waals surface area contributed by atoms with Gasteiger partial charge >= 0.3 is 0 Å². The zero-order chi connectivity index (χ0) is 11.1. The van der Waals surface area contributed by atoms with Gasteiger partial charge in [0.1, 0.15) is 11.6 Å². The molecular weight excluding hydrogens is 202 g/mol. The number of hydrogen-bond donors (Lipinski definition) is 0. The Morgan fingerprint density at radius 3 is 3.00 bits per heavy atom. The van der Waals surface area contributed by atoms with E-state index in [1.807, 2.05) is 12.1 Å². The predicted molar refractivity (Wildman–Crippen MR) is 57.7 cm³/mol. The van der Waals surface area contributed by atoms with E-state index < -0.39 is 0 Å².